The third-order valence-corrected chi connectivity index (χ3v) is 4.81. The van der Waals surface area contributed by atoms with E-state index in [2.05, 4.69) is 88.5 Å². The van der Waals surface area contributed by atoms with E-state index >= 15 is 0 Å². The zero-order valence-corrected chi connectivity index (χ0v) is 17.9. The Bertz CT molecular complexity index is 1190. The van der Waals surface area contributed by atoms with Gasteiger partial charge in [0, 0.05) is 36.6 Å². The Hall–Kier alpha value is -3.73. The van der Waals surface area contributed by atoms with Crippen molar-refractivity contribution in [2.24, 2.45) is 0 Å². The van der Waals surface area contributed by atoms with Crippen LogP contribution in [0.25, 0.3) is 10.9 Å². The number of allylic oxidation sites excluding steroid dienone is 4. The Morgan fingerprint density at radius 2 is 1.84 bits per heavy atom. The van der Waals surface area contributed by atoms with E-state index in [0.717, 1.165) is 36.2 Å². The minimum atomic E-state index is -0.317. The van der Waals surface area contributed by atoms with Gasteiger partial charge in [0.15, 0.2) is 0 Å². The summed E-state index contributed by atoms with van der Waals surface area (Å²) < 4.78 is 15.0. The number of aryl methyl sites for hydroxylation is 1. The molecule has 0 fully saturated rings. The summed E-state index contributed by atoms with van der Waals surface area (Å²) in [6, 6.07) is 21.8. The molecule has 0 atom stereocenters. The van der Waals surface area contributed by atoms with Gasteiger partial charge in [0.25, 0.3) is 0 Å². The third kappa shape index (κ3) is 6.12. The molecular weight excluding hydrogens is 385 g/mol. The van der Waals surface area contributed by atoms with Gasteiger partial charge in [-0.3, -0.25) is 0 Å². The molecule has 0 unspecified atom stereocenters. The first kappa shape index (κ1) is 22.0. The second-order valence-electron chi connectivity index (χ2n) is 7.11. The molecular formula is C27H26FN3. The Kier molecular flexibility index (Phi) is 7.71. The van der Waals surface area contributed by atoms with Crippen LogP contribution in [-0.4, -0.2) is 4.57 Å². The monoisotopic (exact) mass is 411 g/mol. The molecule has 1 aromatic heterocycles. The van der Waals surface area contributed by atoms with Crippen LogP contribution in [0.1, 0.15) is 30.7 Å². The van der Waals surface area contributed by atoms with Crippen LogP contribution >= 0.6 is 0 Å². The van der Waals surface area contributed by atoms with Crippen molar-refractivity contribution >= 4 is 10.9 Å². The summed E-state index contributed by atoms with van der Waals surface area (Å²) in [5, 5.41) is 7.49. The molecule has 2 aromatic carbocycles. The molecule has 3 nitrogen and oxygen atoms in total. The first-order chi connectivity index (χ1) is 15.1. The van der Waals surface area contributed by atoms with Crippen LogP contribution in [0.4, 0.5) is 4.39 Å². The van der Waals surface area contributed by atoms with E-state index in [9.17, 15) is 4.39 Å². The lowest BCUT2D eigenvalue weighted by Gasteiger charge is -2.07. The van der Waals surface area contributed by atoms with Crippen molar-refractivity contribution in [1.82, 2.24) is 15.2 Å². The molecule has 3 rings (SSSR count). The van der Waals surface area contributed by atoms with Crippen LogP contribution in [0.15, 0.2) is 78.3 Å². The van der Waals surface area contributed by atoms with E-state index in [1.165, 1.54) is 30.2 Å². The van der Waals surface area contributed by atoms with Crippen molar-refractivity contribution in [1.29, 1.82) is 0 Å². The van der Waals surface area contributed by atoms with E-state index in [4.69, 9.17) is 6.42 Å². The predicted octanol–water partition coefficient (Wildman–Crippen LogP) is 5.24. The summed E-state index contributed by atoms with van der Waals surface area (Å²) in [5.41, 5.74) is 4.94. The smallest absolute Gasteiger partial charge is 0.0969 e. The highest BCUT2D eigenvalue weighted by atomic mass is 19.1. The van der Waals surface area contributed by atoms with Crippen molar-refractivity contribution in [2.45, 2.75) is 33.5 Å². The Morgan fingerprint density at radius 3 is 2.55 bits per heavy atom. The fourth-order valence-corrected chi connectivity index (χ4v) is 3.31. The van der Waals surface area contributed by atoms with Gasteiger partial charge >= 0.3 is 0 Å². The van der Waals surface area contributed by atoms with Gasteiger partial charge < -0.3 is 15.2 Å². The van der Waals surface area contributed by atoms with Gasteiger partial charge in [-0.2, -0.15) is 0 Å². The summed E-state index contributed by atoms with van der Waals surface area (Å²) >= 11 is 0. The summed E-state index contributed by atoms with van der Waals surface area (Å²) in [6.45, 7) is 5.89. The first-order valence-corrected chi connectivity index (χ1v) is 10.2. The minimum absolute atomic E-state index is 0.317. The van der Waals surface area contributed by atoms with Crippen LogP contribution in [0.2, 0.25) is 0 Å². The van der Waals surface area contributed by atoms with E-state index in [-0.39, 0.29) is 5.83 Å². The van der Waals surface area contributed by atoms with Gasteiger partial charge in [-0.1, -0.05) is 42.3 Å². The van der Waals surface area contributed by atoms with E-state index < -0.39 is 0 Å². The fraction of sp³-hybridized carbons (Fsp3) is 0.185. The molecule has 3 aromatic rings. The van der Waals surface area contributed by atoms with Crippen molar-refractivity contribution < 1.29 is 4.39 Å². The van der Waals surface area contributed by atoms with Crippen LogP contribution in [0.5, 0.6) is 0 Å². The number of rotatable bonds is 7. The lowest BCUT2D eigenvalue weighted by atomic mass is 10.1. The zero-order valence-electron chi connectivity index (χ0n) is 17.9. The lowest BCUT2D eigenvalue weighted by Crippen LogP contribution is -2.12. The third-order valence-electron chi connectivity index (χ3n) is 4.81. The molecule has 0 spiro atoms. The minimum Gasteiger partial charge on any atom is -0.334 e. The van der Waals surface area contributed by atoms with Crippen molar-refractivity contribution in [3.05, 3.63) is 95.1 Å². The fourth-order valence-electron chi connectivity index (χ4n) is 3.31. The van der Waals surface area contributed by atoms with Gasteiger partial charge in [0.05, 0.1) is 17.2 Å². The summed E-state index contributed by atoms with van der Waals surface area (Å²) in [5.74, 6) is 5.27. The summed E-state index contributed by atoms with van der Waals surface area (Å²) in [6.07, 6.45) is 8.24. The molecule has 0 bridgehead atoms. The molecule has 0 aliphatic rings. The van der Waals surface area contributed by atoms with Gasteiger partial charge in [-0.15, -0.1) is 6.42 Å². The molecule has 0 aliphatic carbocycles. The average Bonchev–Trinajstić information content (AvgIpc) is 3.13. The average molecular weight is 412 g/mol. The first-order valence-electron chi connectivity index (χ1n) is 10.2. The molecule has 156 valence electrons. The highest BCUT2D eigenvalue weighted by Crippen LogP contribution is 2.21. The topological polar surface area (TPSA) is 29.0 Å². The molecule has 0 saturated carbocycles. The Labute approximate surface area is 183 Å². The second-order valence-corrected chi connectivity index (χ2v) is 7.11. The van der Waals surface area contributed by atoms with Gasteiger partial charge in [0.2, 0.25) is 0 Å². The number of halogens is 1. The quantitative estimate of drug-likeness (QED) is 0.316. The van der Waals surface area contributed by atoms with Crippen molar-refractivity contribution in [2.75, 3.05) is 0 Å². The number of nitrogens with zero attached hydrogens (tertiary/aromatic N) is 1. The maximum absolute atomic E-state index is 12.9. The molecule has 1 heterocycles. The van der Waals surface area contributed by atoms with Gasteiger partial charge in [-0.05, 0) is 61.2 Å². The number of terminal acetylenes is 1. The second kappa shape index (κ2) is 10.9. The van der Waals surface area contributed by atoms with Crippen LogP contribution in [0, 0.1) is 24.3 Å². The highest BCUT2D eigenvalue weighted by Gasteiger charge is 2.07. The SMILES string of the molecule is C#C/C(=C\C=C(/C)F)NC#Cc1cc2cc(CNCc3ccccc3)ccc2n1CC. The van der Waals surface area contributed by atoms with Crippen molar-refractivity contribution in [3.8, 4) is 24.3 Å². The largest absolute Gasteiger partial charge is 0.334 e. The number of nitrogens with one attached hydrogen (secondary N) is 2. The van der Waals surface area contributed by atoms with Crippen LogP contribution < -0.4 is 10.6 Å². The number of hydrogen-bond acceptors (Lipinski definition) is 2. The Morgan fingerprint density at radius 1 is 1.06 bits per heavy atom. The maximum Gasteiger partial charge on any atom is 0.0969 e. The summed E-state index contributed by atoms with van der Waals surface area (Å²) in [4.78, 5) is 0. The van der Waals surface area contributed by atoms with E-state index in [0.29, 0.717) is 5.70 Å². The number of benzene rings is 2. The highest BCUT2D eigenvalue weighted by molar-refractivity contribution is 5.83. The van der Waals surface area contributed by atoms with E-state index in [1.807, 2.05) is 6.07 Å². The maximum atomic E-state index is 12.9. The molecule has 0 aliphatic heterocycles. The zero-order chi connectivity index (χ0) is 22.1. The number of hydrogen-bond donors (Lipinski definition) is 2. The van der Waals surface area contributed by atoms with E-state index in [1.54, 1.807) is 0 Å². The lowest BCUT2D eigenvalue weighted by molar-refractivity contribution is 0.640. The predicted molar refractivity (Wildman–Crippen MR) is 126 cm³/mol. The molecule has 0 saturated heterocycles. The summed E-state index contributed by atoms with van der Waals surface area (Å²) in [7, 11) is 0. The van der Waals surface area contributed by atoms with Gasteiger partial charge in [0.1, 0.15) is 0 Å². The molecule has 4 heteroatoms. The normalized spacial score (nSPS) is 11.7. The number of fused-ring (bicyclic) bond motifs is 1. The Balaban J connectivity index is 1.74. The van der Waals surface area contributed by atoms with Crippen LogP contribution in [-0.2, 0) is 19.6 Å². The van der Waals surface area contributed by atoms with Crippen molar-refractivity contribution in [3.63, 3.8) is 0 Å². The van der Waals surface area contributed by atoms with Crippen LogP contribution in [0.3, 0.4) is 0 Å². The molecule has 0 radical (unpaired) electrons. The standard InChI is InChI=1S/C27H26FN3/c1-4-25(13-11-21(3)28)30-16-15-26-18-24-17-23(12-14-27(24)31(26)5-2)20-29-19-22-9-7-6-8-10-22/h1,6-14,17-18,29-30H,5,19-20H2,2-3H3/b21-11+,25-13+. The van der Waals surface area contributed by atoms with Gasteiger partial charge in [-0.25, -0.2) is 4.39 Å². The molecule has 0 amide bonds. The molecule has 31 heavy (non-hydrogen) atoms. The molecule has 2 N–H and O–H groups in total. The number of aromatic nitrogens is 1.